The Hall–Kier alpha value is -2.40. The smallest absolute Gasteiger partial charge is 0.0873 e. The Morgan fingerprint density at radius 1 is 1.24 bits per heavy atom. The quantitative estimate of drug-likeness (QED) is 0.551. The topological polar surface area (TPSA) is 57.5 Å². The fourth-order valence-electron chi connectivity index (χ4n) is 2.78. The average molecular weight is 295 g/mol. The second-order valence-electron chi connectivity index (χ2n) is 5.06. The molecule has 1 aliphatic rings. The molecule has 0 fully saturated rings. The van der Waals surface area contributed by atoms with Crippen molar-refractivity contribution < 1.29 is 5.21 Å². The minimum absolute atomic E-state index is 0.779. The zero-order chi connectivity index (χ0) is 14.2. The van der Waals surface area contributed by atoms with Crippen LogP contribution in [0, 0.1) is 0 Å². The summed E-state index contributed by atoms with van der Waals surface area (Å²) >= 11 is 1.71. The highest BCUT2D eigenvalue weighted by atomic mass is 32.1. The summed E-state index contributed by atoms with van der Waals surface area (Å²) in [5.74, 6) is 0. The number of nitrogens with one attached hydrogen (secondary N) is 1. The van der Waals surface area contributed by atoms with Crippen molar-refractivity contribution in [3.63, 3.8) is 0 Å². The predicted octanol–water partition coefficient (Wildman–Crippen LogP) is 4.16. The van der Waals surface area contributed by atoms with Gasteiger partial charge in [-0.15, -0.1) is 11.3 Å². The van der Waals surface area contributed by atoms with Gasteiger partial charge in [-0.05, 0) is 36.6 Å². The number of aryl methyl sites for hydroxylation is 1. The van der Waals surface area contributed by atoms with Crippen molar-refractivity contribution in [2.45, 2.75) is 12.8 Å². The van der Waals surface area contributed by atoms with Crippen LogP contribution < -0.4 is 5.32 Å². The summed E-state index contributed by atoms with van der Waals surface area (Å²) in [6.07, 6.45) is 5.43. The lowest BCUT2D eigenvalue weighted by molar-refractivity contribution is 0.318. The Balaban J connectivity index is 1.69. The molecule has 21 heavy (non-hydrogen) atoms. The van der Waals surface area contributed by atoms with Gasteiger partial charge in [0.05, 0.1) is 11.4 Å². The van der Waals surface area contributed by atoms with Crippen molar-refractivity contribution in [1.29, 1.82) is 0 Å². The number of benzene rings is 1. The Labute approximate surface area is 125 Å². The van der Waals surface area contributed by atoms with E-state index in [-0.39, 0.29) is 0 Å². The van der Waals surface area contributed by atoms with Crippen LogP contribution in [-0.2, 0) is 6.42 Å². The first-order valence-corrected chi connectivity index (χ1v) is 7.65. The molecule has 0 bridgehead atoms. The van der Waals surface area contributed by atoms with E-state index in [1.807, 2.05) is 30.6 Å². The largest absolute Gasteiger partial charge is 0.411 e. The molecule has 0 atom stereocenters. The van der Waals surface area contributed by atoms with Gasteiger partial charge in [0.2, 0.25) is 0 Å². The lowest BCUT2D eigenvalue weighted by atomic mass is 10.1. The lowest BCUT2D eigenvalue weighted by Crippen LogP contribution is -1.95. The number of hydrogen-bond acceptors (Lipinski definition) is 5. The summed E-state index contributed by atoms with van der Waals surface area (Å²) < 4.78 is 1.23. The lowest BCUT2D eigenvalue weighted by Gasteiger charge is -2.07. The summed E-state index contributed by atoms with van der Waals surface area (Å²) in [4.78, 5) is 4.19. The molecule has 2 aromatic heterocycles. The van der Waals surface area contributed by atoms with Gasteiger partial charge < -0.3 is 10.5 Å². The maximum Gasteiger partial charge on any atom is 0.0873 e. The van der Waals surface area contributed by atoms with Crippen LogP contribution in [0.15, 0.2) is 47.2 Å². The van der Waals surface area contributed by atoms with Crippen LogP contribution in [-0.4, -0.2) is 15.9 Å². The second-order valence-corrected chi connectivity index (χ2v) is 5.98. The molecule has 1 aromatic carbocycles. The molecule has 0 saturated heterocycles. The summed E-state index contributed by atoms with van der Waals surface area (Å²) in [6.45, 7) is 0. The molecule has 1 aliphatic carbocycles. The molecule has 104 valence electrons. The van der Waals surface area contributed by atoms with Crippen molar-refractivity contribution in [3.05, 3.63) is 53.2 Å². The Kier molecular flexibility index (Phi) is 2.86. The molecule has 0 amide bonds. The number of pyridine rings is 1. The van der Waals surface area contributed by atoms with Gasteiger partial charge in [0.1, 0.15) is 0 Å². The molecule has 4 rings (SSSR count). The van der Waals surface area contributed by atoms with Crippen LogP contribution in [0.2, 0.25) is 0 Å². The molecular formula is C16H13N3OS. The van der Waals surface area contributed by atoms with Gasteiger partial charge in [0.15, 0.2) is 0 Å². The highest BCUT2D eigenvalue weighted by Gasteiger charge is 2.18. The van der Waals surface area contributed by atoms with E-state index in [1.54, 1.807) is 11.3 Å². The van der Waals surface area contributed by atoms with E-state index in [1.165, 1.54) is 10.3 Å². The third-order valence-electron chi connectivity index (χ3n) is 3.82. The molecule has 3 aromatic rings. The van der Waals surface area contributed by atoms with Crippen LogP contribution in [0.1, 0.15) is 17.5 Å². The summed E-state index contributed by atoms with van der Waals surface area (Å²) in [6, 6.07) is 8.20. The third-order valence-corrected chi connectivity index (χ3v) is 4.79. The van der Waals surface area contributed by atoms with E-state index in [4.69, 9.17) is 5.21 Å². The first kappa shape index (κ1) is 12.3. The van der Waals surface area contributed by atoms with Crippen molar-refractivity contribution in [2.75, 3.05) is 5.32 Å². The minimum Gasteiger partial charge on any atom is -0.411 e. The van der Waals surface area contributed by atoms with Gasteiger partial charge in [-0.2, -0.15) is 0 Å². The summed E-state index contributed by atoms with van der Waals surface area (Å²) in [7, 11) is 0. The van der Waals surface area contributed by atoms with E-state index in [0.717, 1.165) is 40.9 Å². The van der Waals surface area contributed by atoms with E-state index >= 15 is 0 Å². The number of aromatic nitrogens is 1. The summed E-state index contributed by atoms with van der Waals surface area (Å²) in [5, 5.41) is 19.0. The average Bonchev–Trinajstić information content (AvgIpc) is 3.11. The van der Waals surface area contributed by atoms with Crippen LogP contribution in [0.3, 0.4) is 0 Å². The molecule has 2 N–H and O–H groups in total. The van der Waals surface area contributed by atoms with Gasteiger partial charge in [-0.1, -0.05) is 11.2 Å². The van der Waals surface area contributed by atoms with Crippen LogP contribution >= 0.6 is 11.3 Å². The zero-order valence-electron chi connectivity index (χ0n) is 11.2. The highest BCUT2D eigenvalue weighted by molar-refractivity contribution is 7.17. The normalized spacial score (nSPS) is 15.5. The number of anilines is 2. The van der Waals surface area contributed by atoms with Crippen LogP contribution in [0.5, 0.6) is 0 Å². The van der Waals surface area contributed by atoms with Gasteiger partial charge in [-0.25, -0.2) is 0 Å². The first-order chi connectivity index (χ1) is 10.3. The maximum atomic E-state index is 8.97. The number of hydrogen-bond donors (Lipinski definition) is 2. The monoisotopic (exact) mass is 295 g/mol. The predicted molar refractivity (Wildman–Crippen MR) is 86.0 cm³/mol. The Morgan fingerprint density at radius 3 is 3.10 bits per heavy atom. The van der Waals surface area contributed by atoms with E-state index in [9.17, 15) is 0 Å². The standard InChI is InChI=1S/C16H13N3OS/c20-19-14-4-1-10-7-11(2-3-12(10)14)18-15-9-21-16-5-6-17-8-13(15)16/h2-3,5-9,18,20H,1,4H2. The number of nitrogens with zero attached hydrogens (tertiary/aromatic N) is 2. The molecule has 5 heteroatoms. The molecule has 0 spiro atoms. The van der Waals surface area contributed by atoms with Crippen LogP contribution in [0.25, 0.3) is 10.1 Å². The number of fused-ring (bicyclic) bond motifs is 2. The molecule has 2 heterocycles. The fraction of sp³-hybridized carbons (Fsp3) is 0.125. The Morgan fingerprint density at radius 2 is 2.19 bits per heavy atom. The maximum absolute atomic E-state index is 8.97. The zero-order valence-corrected chi connectivity index (χ0v) is 12.0. The van der Waals surface area contributed by atoms with Crippen LogP contribution in [0.4, 0.5) is 11.4 Å². The first-order valence-electron chi connectivity index (χ1n) is 6.77. The van der Waals surface area contributed by atoms with Gasteiger partial charge in [0.25, 0.3) is 0 Å². The Bertz CT molecular complexity index is 854. The fourth-order valence-corrected chi connectivity index (χ4v) is 3.64. The molecule has 0 unspecified atom stereocenters. The molecule has 4 nitrogen and oxygen atoms in total. The van der Waals surface area contributed by atoms with Crippen molar-refractivity contribution in [3.8, 4) is 0 Å². The van der Waals surface area contributed by atoms with E-state index in [0.29, 0.717) is 0 Å². The number of rotatable bonds is 2. The molecular weight excluding hydrogens is 282 g/mol. The molecule has 0 radical (unpaired) electrons. The van der Waals surface area contributed by atoms with Gasteiger partial charge in [-0.3, -0.25) is 4.98 Å². The van der Waals surface area contributed by atoms with Crippen molar-refractivity contribution >= 4 is 38.5 Å². The second kappa shape index (κ2) is 4.86. The summed E-state index contributed by atoms with van der Waals surface area (Å²) in [5.41, 5.74) is 5.20. The van der Waals surface area contributed by atoms with Crippen molar-refractivity contribution in [1.82, 2.24) is 4.98 Å². The highest BCUT2D eigenvalue weighted by Crippen LogP contribution is 2.33. The number of thiophene rings is 1. The third kappa shape index (κ3) is 2.06. The van der Waals surface area contributed by atoms with E-state index in [2.05, 4.69) is 26.9 Å². The van der Waals surface area contributed by atoms with Gasteiger partial charge >= 0.3 is 0 Å². The van der Waals surface area contributed by atoms with Crippen molar-refractivity contribution in [2.24, 2.45) is 5.16 Å². The number of oxime groups is 1. The SMILES string of the molecule is ON=C1CCc2cc(Nc3csc4ccncc34)ccc21. The van der Waals surface area contributed by atoms with Gasteiger partial charge in [0, 0.05) is 39.1 Å². The van der Waals surface area contributed by atoms with E-state index < -0.39 is 0 Å². The minimum atomic E-state index is 0.779. The molecule has 0 saturated carbocycles. The molecule has 0 aliphatic heterocycles.